The van der Waals surface area contributed by atoms with Gasteiger partial charge in [-0.3, -0.25) is 4.79 Å². The zero-order valence-corrected chi connectivity index (χ0v) is 13.0. The van der Waals surface area contributed by atoms with Crippen LogP contribution in [0.1, 0.15) is 23.5 Å². The van der Waals surface area contributed by atoms with Gasteiger partial charge in [0.2, 0.25) is 0 Å². The maximum Gasteiger partial charge on any atom is 0.186 e. The van der Waals surface area contributed by atoms with Gasteiger partial charge < -0.3 is 9.64 Å². The second kappa shape index (κ2) is 5.95. The lowest BCUT2D eigenvalue weighted by Gasteiger charge is -2.36. The van der Waals surface area contributed by atoms with E-state index in [1.165, 1.54) is 11.3 Å². The molecule has 0 radical (unpaired) electrons. The fourth-order valence-corrected chi connectivity index (χ4v) is 3.51. The molecule has 21 heavy (non-hydrogen) atoms. The van der Waals surface area contributed by atoms with Crippen molar-refractivity contribution in [2.24, 2.45) is 0 Å². The van der Waals surface area contributed by atoms with Gasteiger partial charge in [0.25, 0.3) is 0 Å². The fourth-order valence-electron chi connectivity index (χ4n) is 2.50. The Morgan fingerprint density at radius 1 is 1.33 bits per heavy atom. The number of morpholine rings is 1. The molecule has 2 aromatic rings. The van der Waals surface area contributed by atoms with E-state index >= 15 is 0 Å². The van der Waals surface area contributed by atoms with Crippen molar-refractivity contribution in [1.29, 1.82) is 0 Å². The third-order valence-electron chi connectivity index (χ3n) is 3.65. The first-order valence-electron chi connectivity index (χ1n) is 7.08. The minimum Gasteiger partial charge on any atom is -0.375 e. The number of carbonyl (C=O) groups excluding carboxylic acids is 1. The highest BCUT2D eigenvalue weighted by molar-refractivity contribution is 7.17. The molecule has 0 saturated carbocycles. The minimum absolute atomic E-state index is 0.185. The van der Waals surface area contributed by atoms with E-state index in [1.54, 1.807) is 0 Å². The van der Waals surface area contributed by atoms with Crippen molar-refractivity contribution in [2.45, 2.75) is 26.0 Å². The number of rotatable bonds is 3. The van der Waals surface area contributed by atoms with Crippen molar-refractivity contribution in [3.05, 3.63) is 35.2 Å². The van der Waals surface area contributed by atoms with Crippen LogP contribution in [0.3, 0.4) is 0 Å². The first-order chi connectivity index (χ1) is 10.2. The molecule has 0 bridgehead atoms. The summed E-state index contributed by atoms with van der Waals surface area (Å²) in [6.45, 7) is 5.68. The molecule has 1 aromatic carbocycles. The minimum atomic E-state index is 0.185. The molecule has 0 N–H and O–H groups in total. The van der Waals surface area contributed by atoms with Gasteiger partial charge in [-0.1, -0.05) is 41.7 Å². The van der Waals surface area contributed by atoms with Crippen molar-refractivity contribution in [1.82, 2.24) is 4.98 Å². The molecular weight excluding hydrogens is 284 g/mol. The van der Waals surface area contributed by atoms with Gasteiger partial charge in [0.15, 0.2) is 11.4 Å². The summed E-state index contributed by atoms with van der Waals surface area (Å²) >= 11 is 1.46. The van der Waals surface area contributed by atoms with Crippen LogP contribution in [0.2, 0.25) is 0 Å². The molecule has 2 unspecified atom stereocenters. The van der Waals surface area contributed by atoms with Crippen LogP contribution in [0.4, 0.5) is 5.13 Å². The van der Waals surface area contributed by atoms with Gasteiger partial charge in [-0.05, 0) is 13.8 Å². The van der Waals surface area contributed by atoms with Crippen LogP contribution in [-0.4, -0.2) is 36.6 Å². The molecule has 3 rings (SSSR count). The smallest absolute Gasteiger partial charge is 0.186 e. The number of carbonyl (C=O) groups is 1. The topological polar surface area (TPSA) is 42.4 Å². The number of nitrogens with zero attached hydrogens (tertiary/aromatic N) is 2. The SMILES string of the molecule is CC1CN(c2nc(-c3ccccc3)c(C=O)s2)C(C)CO1. The Morgan fingerprint density at radius 3 is 2.81 bits per heavy atom. The monoisotopic (exact) mass is 302 g/mol. The predicted molar refractivity (Wildman–Crippen MR) is 85.2 cm³/mol. The lowest BCUT2D eigenvalue weighted by molar-refractivity contribution is 0.0343. The summed E-state index contributed by atoms with van der Waals surface area (Å²) in [6.07, 6.45) is 1.09. The van der Waals surface area contributed by atoms with Gasteiger partial charge in [0.05, 0.1) is 29.3 Å². The highest BCUT2D eigenvalue weighted by Crippen LogP contribution is 2.33. The van der Waals surface area contributed by atoms with E-state index in [1.807, 2.05) is 30.3 Å². The zero-order chi connectivity index (χ0) is 14.8. The number of benzene rings is 1. The van der Waals surface area contributed by atoms with E-state index in [4.69, 9.17) is 9.72 Å². The summed E-state index contributed by atoms with van der Waals surface area (Å²) in [4.78, 5) is 19.0. The van der Waals surface area contributed by atoms with Gasteiger partial charge in [-0.15, -0.1) is 0 Å². The van der Waals surface area contributed by atoms with E-state index in [-0.39, 0.29) is 12.1 Å². The van der Waals surface area contributed by atoms with Gasteiger partial charge in [0.1, 0.15) is 0 Å². The van der Waals surface area contributed by atoms with E-state index in [2.05, 4.69) is 18.7 Å². The van der Waals surface area contributed by atoms with Crippen molar-refractivity contribution in [3.63, 3.8) is 0 Å². The Morgan fingerprint density at radius 2 is 2.10 bits per heavy atom. The van der Waals surface area contributed by atoms with Gasteiger partial charge in [-0.2, -0.15) is 0 Å². The average Bonchev–Trinajstić information content (AvgIpc) is 2.94. The van der Waals surface area contributed by atoms with Crippen LogP contribution >= 0.6 is 11.3 Å². The summed E-state index contributed by atoms with van der Waals surface area (Å²) in [5, 5.41) is 0.901. The Hall–Kier alpha value is -1.72. The lowest BCUT2D eigenvalue weighted by atomic mass is 10.1. The maximum atomic E-state index is 11.4. The fraction of sp³-hybridized carbons (Fsp3) is 0.375. The number of anilines is 1. The van der Waals surface area contributed by atoms with Crippen molar-refractivity contribution >= 4 is 22.8 Å². The summed E-state index contributed by atoms with van der Waals surface area (Å²) < 4.78 is 5.66. The van der Waals surface area contributed by atoms with Crippen molar-refractivity contribution in [3.8, 4) is 11.3 Å². The second-order valence-corrected chi connectivity index (χ2v) is 6.35. The largest absolute Gasteiger partial charge is 0.375 e. The number of aldehydes is 1. The Labute approximate surface area is 128 Å². The number of ether oxygens (including phenoxy) is 1. The third kappa shape index (κ3) is 2.84. The quantitative estimate of drug-likeness (QED) is 0.816. The van der Waals surface area contributed by atoms with Crippen molar-refractivity contribution < 1.29 is 9.53 Å². The number of hydrogen-bond acceptors (Lipinski definition) is 5. The summed E-state index contributed by atoms with van der Waals surface area (Å²) in [6, 6.07) is 10.1. The van der Waals surface area contributed by atoms with E-state index in [9.17, 15) is 4.79 Å². The summed E-state index contributed by atoms with van der Waals surface area (Å²) in [7, 11) is 0. The third-order valence-corrected chi connectivity index (χ3v) is 4.67. The summed E-state index contributed by atoms with van der Waals surface area (Å²) in [5.41, 5.74) is 1.76. The molecule has 110 valence electrons. The highest BCUT2D eigenvalue weighted by Gasteiger charge is 2.27. The van der Waals surface area contributed by atoms with Gasteiger partial charge in [0, 0.05) is 12.1 Å². The number of aromatic nitrogens is 1. The molecule has 1 aromatic heterocycles. The first-order valence-corrected chi connectivity index (χ1v) is 7.90. The predicted octanol–water partition coefficient (Wildman–Crippen LogP) is 3.24. The zero-order valence-electron chi connectivity index (χ0n) is 12.2. The van der Waals surface area contributed by atoms with Crippen LogP contribution in [0.15, 0.2) is 30.3 Å². The van der Waals surface area contributed by atoms with Crippen LogP contribution < -0.4 is 4.90 Å². The molecule has 4 nitrogen and oxygen atoms in total. The normalized spacial score (nSPS) is 22.3. The molecule has 1 aliphatic heterocycles. The maximum absolute atomic E-state index is 11.4. The number of thiazole rings is 1. The molecule has 2 heterocycles. The van der Waals surface area contributed by atoms with Gasteiger partial charge in [-0.25, -0.2) is 4.98 Å². The summed E-state index contributed by atoms with van der Waals surface area (Å²) in [5.74, 6) is 0. The highest BCUT2D eigenvalue weighted by atomic mass is 32.1. The van der Waals surface area contributed by atoms with Crippen LogP contribution in [0, 0.1) is 0 Å². The second-order valence-electron chi connectivity index (χ2n) is 5.34. The van der Waals surface area contributed by atoms with E-state index < -0.39 is 0 Å². The molecule has 1 saturated heterocycles. The van der Waals surface area contributed by atoms with Gasteiger partial charge >= 0.3 is 0 Å². The molecule has 0 spiro atoms. The van der Waals surface area contributed by atoms with E-state index in [0.717, 1.165) is 29.2 Å². The first kappa shape index (κ1) is 14.2. The van der Waals surface area contributed by atoms with Crippen LogP contribution in [0.5, 0.6) is 0 Å². The Balaban J connectivity index is 1.98. The molecule has 1 aliphatic rings. The van der Waals surface area contributed by atoms with E-state index in [0.29, 0.717) is 11.5 Å². The standard InChI is InChI=1S/C16H18N2O2S/c1-11-10-20-12(2)8-18(11)16-17-15(14(9-19)21-16)13-6-4-3-5-7-13/h3-7,9,11-12H,8,10H2,1-2H3. The van der Waals surface area contributed by atoms with Crippen LogP contribution in [-0.2, 0) is 4.74 Å². The molecule has 0 amide bonds. The van der Waals surface area contributed by atoms with Crippen molar-refractivity contribution in [2.75, 3.05) is 18.1 Å². The molecule has 5 heteroatoms. The molecule has 2 atom stereocenters. The molecule has 1 fully saturated rings. The average molecular weight is 302 g/mol. The molecular formula is C16H18N2O2S. The van der Waals surface area contributed by atoms with Crippen LogP contribution in [0.25, 0.3) is 11.3 Å². The lowest BCUT2D eigenvalue weighted by Crippen LogP contribution is -2.47. The Kier molecular flexibility index (Phi) is 4.03. The number of hydrogen-bond donors (Lipinski definition) is 0. The molecule has 0 aliphatic carbocycles. The Bertz CT molecular complexity index is 626.